The van der Waals surface area contributed by atoms with Crippen molar-refractivity contribution >= 4 is 29.7 Å². The molecular formula is C20H37N5O8. The number of nitrogens with two attached hydrogens (primary N) is 2. The van der Waals surface area contributed by atoms with Crippen molar-refractivity contribution in [1.29, 1.82) is 0 Å². The number of carboxylic acid groups (broad SMARTS) is 2. The first kappa shape index (κ1) is 30.2. The summed E-state index contributed by atoms with van der Waals surface area (Å²) in [5, 5.41) is 35.1. The van der Waals surface area contributed by atoms with Crippen LogP contribution in [0.15, 0.2) is 0 Å². The molecule has 0 spiro atoms. The maximum absolute atomic E-state index is 12.7. The van der Waals surface area contributed by atoms with E-state index in [1.165, 1.54) is 6.92 Å². The van der Waals surface area contributed by atoms with Crippen molar-refractivity contribution in [3.05, 3.63) is 0 Å². The minimum Gasteiger partial charge on any atom is -0.481 e. The van der Waals surface area contributed by atoms with Crippen LogP contribution in [0.1, 0.15) is 52.9 Å². The van der Waals surface area contributed by atoms with E-state index < -0.39 is 66.4 Å². The molecule has 0 fully saturated rings. The van der Waals surface area contributed by atoms with Crippen LogP contribution in [0.25, 0.3) is 0 Å². The second-order valence-corrected chi connectivity index (χ2v) is 7.98. The maximum Gasteiger partial charge on any atom is 0.326 e. The minimum absolute atomic E-state index is 0.0614. The monoisotopic (exact) mass is 475 g/mol. The SMILES string of the molecule is CCC(C)C(N)C(=O)NC(C(=O)NC(CC(=O)O)C(=O)NC(CCCCN)C(=O)O)C(C)O. The molecule has 0 radical (unpaired) electrons. The molecule has 3 amide bonds. The number of carboxylic acids is 2. The largest absolute Gasteiger partial charge is 0.481 e. The zero-order chi connectivity index (χ0) is 25.7. The van der Waals surface area contributed by atoms with Gasteiger partial charge in [-0.2, -0.15) is 0 Å². The number of aliphatic carboxylic acids is 2. The number of nitrogens with one attached hydrogen (secondary N) is 3. The van der Waals surface area contributed by atoms with E-state index in [0.717, 1.165) is 0 Å². The van der Waals surface area contributed by atoms with Crippen molar-refractivity contribution in [1.82, 2.24) is 16.0 Å². The zero-order valence-electron chi connectivity index (χ0n) is 19.2. The quantitative estimate of drug-likeness (QED) is 0.113. The van der Waals surface area contributed by atoms with Crippen molar-refractivity contribution in [2.45, 2.75) is 83.1 Å². The Labute approximate surface area is 192 Å². The van der Waals surface area contributed by atoms with Crippen LogP contribution in [0.5, 0.6) is 0 Å². The summed E-state index contributed by atoms with van der Waals surface area (Å²) in [5.41, 5.74) is 11.2. The molecule has 33 heavy (non-hydrogen) atoms. The van der Waals surface area contributed by atoms with Gasteiger partial charge in [0, 0.05) is 0 Å². The van der Waals surface area contributed by atoms with Gasteiger partial charge in [-0.3, -0.25) is 19.2 Å². The van der Waals surface area contributed by atoms with Gasteiger partial charge in [-0.25, -0.2) is 4.79 Å². The van der Waals surface area contributed by atoms with E-state index in [9.17, 15) is 34.2 Å². The lowest BCUT2D eigenvalue weighted by Crippen LogP contribution is -2.60. The van der Waals surface area contributed by atoms with Crippen LogP contribution in [0.4, 0.5) is 0 Å². The first-order valence-corrected chi connectivity index (χ1v) is 10.8. The Kier molecular flexibility index (Phi) is 13.9. The van der Waals surface area contributed by atoms with Crippen LogP contribution >= 0.6 is 0 Å². The molecule has 6 atom stereocenters. The van der Waals surface area contributed by atoms with Gasteiger partial charge in [-0.1, -0.05) is 20.3 Å². The maximum atomic E-state index is 12.7. The van der Waals surface area contributed by atoms with Gasteiger partial charge in [0.05, 0.1) is 18.6 Å². The van der Waals surface area contributed by atoms with Crippen LogP contribution in [0.3, 0.4) is 0 Å². The zero-order valence-corrected chi connectivity index (χ0v) is 19.2. The molecule has 190 valence electrons. The fraction of sp³-hybridized carbons (Fsp3) is 0.750. The van der Waals surface area contributed by atoms with E-state index in [0.29, 0.717) is 25.8 Å². The fourth-order valence-electron chi connectivity index (χ4n) is 2.83. The lowest BCUT2D eigenvalue weighted by atomic mass is 9.98. The highest BCUT2D eigenvalue weighted by Crippen LogP contribution is 2.07. The van der Waals surface area contributed by atoms with Crippen molar-refractivity contribution in [3.8, 4) is 0 Å². The third-order valence-corrected chi connectivity index (χ3v) is 5.20. The highest BCUT2D eigenvalue weighted by molar-refractivity contribution is 5.95. The van der Waals surface area contributed by atoms with E-state index >= 15 is 0 Å². The van der Waals surface area contributed by atoms with Gasteiger partial charge in [-0.15, -0.1) is 0 Å². The predicted octanol–water partition coefficient (Wildman–Crippen LogP) is -2.12. The molecule has 0 aromatic rings. The van der Waals surface area contributed by atoms with E-state index in [4.69, 9.17) is 16.6 Å². The molecule has 0 aliphatic carbocycles. The summed E-state index contributed by atoms with van der Waals surface area (Å²) in [6, 6.07) is -5.42. The van der Waals surface area contributed by atoms with Crippen LogP contribution in [-0.4, -0.2) is 81.8 Å². The molecule has 6 unspecified atom stereocenters. The van der Waals surface area contributed by atoms with Crippen LogP contribution < -0.4 is 27.4 Å². The predicted molar refractivity (Wildman–Crippen MR) is 118 cm³/mol. The van der Waals surface area contributed by atoms with Gasteiger partial charge in [0.25, 0.3) is 0 Å². The van der Waals surface area contributed by atoms with E-state index in [1.807, 2.05) is 6.92 Å². The topological polar surface area (TPSA) is 234 Å². The lowest BCUT2D eigenvalue weighted by molar-refractivity contribution is -0.144. The summed E-state index contributed by atoms with van der Waals surface area (Å²) in [5.74, 6) is -5.71. The number of hydrogen-bond donors (Lipinski definition) is 8. The number of amides is 3. The molecule has 0 saturated heterocycles. The average molecular weight is 476 g/mol. The third kappa shape index (κ3) is 11.1. The van der Waals surface area contributed by atoms with Gasteiger partial charge in [0.2, 0.25) is 17.7 Å². The van der Waals surface area contributed by atoms with Gasteiger partial charge in [0.15, 0.2) is 0 Å². The number of aliphatic hydroxyl groups excluding tert-OH is 1. The molecule has 13 heteroatoms. The second-order valence-electron chi connectivity index (χ2n) is 7.98. The van der Waals surface area contributed by atoms with Crippen LogP contribution in [0.2, 0.25) is 0 Å². The molecule has 10 N–H and O–H groups in total. The summed E-state index contributed by atoms with van der Waals surface area (Å²) in [4.78, 5) is 60.2. The van der Waals surface area contributed by atoms with E-state index in [2.05, 4.69) is 16.0 Å². The van der Waals surface area contributed by atoms with Gasteiger partial charge >= 0.3 is 11.9 Å². The smallest absolute Gasteiger partial charge is 0.326 e. The Hall–Kier alpha value is -2.77. The number of aliphatic hydroxyl groups is 1. The van der Waals surface area contributed by atoms with Crippen molar-refractivity contribution in [2.75, 3.05) is 6.54 Å². The van der Waals surface area contributed by atoms with Gasteiger partial charge in [-0.05, 0) is 38.6 Å². The number of carbonyl (C=O) groups excluding carboxylic acids is 3. The van der Waals surface area contributed by atoms with Crippen LogP contribution in [0, 0.1) is 5.92 Å². The molecule has 0 aliphatic heterocycles. The minimum atomic E-state index is -1.65. The first-order chi connectivity index (χ1) is 15.3. The lowest BCUT2D eigenvalue weighted by Gasteiger charge is -2.27. The number of carbonyl (C=O) groups is 5. The van der Waals surface area contributed by atoms with Gasteiger partial charge in [0.1, 0.15) is 18.1 Å². The van der Waals surface area contributed by atoms with Gasteiger partial charge < -0.3 is 42.7 Å². The molecule has 0 rings (SSSR count). The van der Waals surface area contributed by atoms with E-state index in [1.54, 1.807) is 6.92 Å². The summed E-state index contributed by atoms with van der Waals surface area (Å²) in [6.07, 6.45) is -0.642. The molecule has 0 bridgehead atoms. The molecule has 0 aromatic carbocycles. The highest BCUT2D eigenvalue weighted by Gasteiger charge is 2.33. The standard InChI is InChI=1S/C20H37N5O8/c1-4-10(2)15(22)18(30)25-16(11(3)26)19(31)24-13(9-14(27)28)17(29)23-12(20(32)33)7-5-6-8-21/h10-13,15-16,26H,4-9,21-22H2,1-3H3,(H,23,29)(H,24,31)(H,25,30)(H,27,28)(H,32,33). The number of hydrogen-bond acceptors (Lipinski definition) is 8. The fourth-order valence-corrected chi connectivity index (χ4v) is 2.83. The molecule has 13 nitrogen and oxygen atoms in total. The number of rotatable bonds is 16. The first-order valence-electron chi connectivity index (χ1n) is 10.8. The number of unbranched alkanes of at least 4 members (excludes halogenated alkanes) is 1. The Morgan fingerprint density at radius 3 is 1.91 bits per heavy atom. The van der Waals surface area contributed by atoms with Crippen molar-refractivity contribution < 1.29 is 39.3 Å². The molecule has 0 aliphatic rings. The Morgan fingerprint density at radius 1 is 0.879 bits per heavy atom. The second kappa shape index (κ2) is 15.1. The summed E-state index contributed by atoms with van der Waals surface area (Å²) >= 11 is 0. The Balaban J connectivity index is 5.43. The third-order valence-electron chi connectivity index (χ3n) is 5.20. The Morgan fingerprint density at radius 2 is 1.45 bits per heavy atom. The summed E-state index contributed by atoms with van der Waals surface area (Å²) in [7, 11) is 0. The molecule has 0 aromatic heterocycles. The molecule has 0 saturated carbocycles. The van der Waals surface area contributed by atoms with Crippen molar-refractivity contribution in [3.63, 3.8) is 0 Å². The Bertz CT molecular complexity index is 687. The highest BCUT2D eigenvalue weighted by atomic mass is 16.4. The molecule has 0 heterocycles. The normalized spacial score (nSPS) is 16.4. The molecular weight excluding hydrogens is 438 g/mol. The summed E-state index contributed by atoms with van der Waals surface area (Å²) in [6.45, 7) is 5.13. The average Bonchev–Trinajstić information content (AvgIpc) is 2.73. The summed E-state index contributed by atoms with van der Waals surface area (Å²) < 4.78 is 0. The van der Waals surface area contributed by atoms with E-state index in [-0.39, 0.29) is 12.3 Å². The van der Waals surface area contributed by atoms with Crippen LogP contribution in [-0.2, 0) is 24.0 Å². The van der Waals surface area contributed by atoms with Crippen molar-refractivity contribution in [2.24, 2.45) is 17.4 Å².